The minimum absolute atomic E-state index is 0.0670. The highest BCUT2D eigenvalue weighted by Crippen LogP contribution is 2.20. The quantitative estimate of drug-likeness (QED) is 0.833. The maximum atomic E-state index is 12.6. The van der Waals surface area contributed by atoms with E-state index in [-0.39, 0.29) is 48.7 Å². The molecule has 1 aliphatic rings. The van der Waals surface area contributed by atoms with Crippen LogP contribution in [0.4, 0.5) is 4.79 Å². The number of aromatic nitrogens is 2. The van der Waals surface area contributed by atoms with E-state index in [2.05, 4.69) is 15.3 Å². The van der Waals surface area contributed by atoms with Gasteiger partial charge in [0, 0.05) is 44.5 Å². The van der Waals surface area contributed by atoms with E-state index in [0.29, 0.717) is 13.1 Å². The Morgan fingerprint density at radius 3 is 2.39 bits per heavy atom. The molecule has 1 N–H and O–H groups in total. The molecule has 0 saturated carbocycles. The summed E-state index contributed by atoms with van der Waals surface area (Å²) in [6.07, 6.45) is 4.11. The fraction of sp³-hybridized carbons (Fsp3) is 0.632. The average molecular weight is 391 g/mol. The summed E-state index contributed by atoms with van der Waals surface area (Å²) >= 11 is 0. The van der Waals surface area contributed by atoms with Gasteiger partial charge < -0.3 is 19.9 Å². The van der Waals surface area contributed by atoms with E-state index in [1.54, 1.807) is 9.80 Å². The van der Waals surface area contributed by atoms with Crippen LogP contribution in [0.3, 0.4) is 0 Å². The lowest BCUT2D eigenvalue weighted by atomic mass is 10.0. The monoisotopic (exact) mass is 391 g/mol. The van der Waals surface area contributed by atoms with Gasteiger partial charge in [-0.05, 0) is 34.6 Å². The molecule has 0 aliphatic carbocycles. The van der Waals surface area contributed by atoms with Crippen molar-refractivity contribution in [3.63, 3.8) is 0 Å². The third kappa shape index (κ3) is 5.64. The molecule has 9 nitrogen and oxygen atoms in total. The van der Waals surface area contributed by atoms with Crippen molar-refractivity contribution >= 4 is 17.9 Å². The van der Waals surface area contributed by atoms with Gasteiger partial charge in [-0.1, -0.05) is 0 Å². The lowest BCUT2D eigenvalue weighted by Gasteiger charge is -2.45. The Hall–Kier alpha value is -2.71. The predicted octanol–water partition coefficient (Wildman–Crippen LogP) is 1.45. The van der Waals surface area contributed by atoms with Crippen molar-refractivity contribution in [2.75, 3.05) is 19.6 Å². The molecule has 0 bridgehead atoms. The van der Waals surface area contributed by atoms with Gasteiger partial charge in [0.1, 0.15) is 11.3 Å². The number of piperazine rings is 1. The van der Waals surface area contributed by atoms with Crippen LogP contribution in [-0.2, 0) is 9.53 Å². The lowest BCUT2D eigenvalue weighted by molar-refractivity contribution is -0.137. The van der Waals surface area contributed by atoms with E-state index in [1.165, 1.54) is 18.6 Å². The maximum absolute atomic E-state index is 12.6. The lowest BCUT2D eigenvalue weighted by Crippen LogP contribution is -2.61. The summed E-state index contributed by atoms with van der Waals surface area (Å²) in [5, 5.41) is 2.67. The summed E-state index contributed by atoms with van der Waals surface area (Å²) < 4.78 is 5.45. The van der Waals surface area contributed by atoms with Crippen LogP contribution in [0.2, 0.25) is 0 Å². The van der Waals surface area contributed by atoms with Gasteiger partial charge in [-0.15, -0.1) is 0 Å². The molecule has 1 fully saturated rings. The summed E-state index contributed by atoms with van der Waals surface area (Å²) in [5.74, 6) is -0.431. The van der Waals surface area contributed by atoms with E-state index in [9.17, 15) is 14.4 Å². The van der Waals surface area contributed by atoms with Crippen LogP contribution in [0.1, 0.15) is 51.5 Å². The second-order valence-corrected chi connectivity index (χ2v) is 7.84. The summed E-state index contributed by atoms with van der Waals surface area (Å²) in [6, 6.07) is -0.314. The molecule has 0 radical (unpaired) electrons. The van der Waals surface area contributed by atoms with Gasteiger partial charge in [-0.25, -0.2) is 9.78 Å². The standard InChI is InChI=1S/C19H29N5O4/c1-13-14(2)24(18(27)28-19(3,4)5)11-10-23(13)16(25)6-7-22-17(26)15-12-20-8-9-21-15/h8-9,12-14H,6-7,10-11H2,1-5H3,(H,22,26)/t13-,14+/m0/s1. The van der Waals surface area contributed by atoms with E-state index in [4.69, 9.17) is 4.74 Å². The minimum Gasteiger partial charge on any atom is -0.444 e. The number of amides is 3. The van der Waals surface area contributed by atoms with Crippen molar-refractivity contribution < 1.29 is 19.1 Å². The molecular weight excluding hydrogens is 362 g/mol. The molecule has 2 heterocycles. The van der Waals surface area contributed by atoms with Crippen molar-refractivity contribution in [2.24, 2.45) is 0 Å². The molecule has 3 amide bonds. The number of nitrogens with zero attached hydrogens (tertiary/aromatic N) is 4. The summed E-state index contributed by atoms with van der Waals surface area (Å²) in [4.78, 5) is 48.1. The minimum atomic E-state index is -0.561. The van der Waals surface area contributed by atoms with Crippen molar-refractivity contribution in [3.05, 3.63) is 24.3 Å². The van der Waals surface area contributed by atoms with Gasteiger partial charge in [-0.3, -0.25) is 14.6 Å². The molecule has 0 unspecified atom stereocenters. The fourth-order valence-corrected chi connectivity index (χ4v) is 3.01. The Kier molecular flexibility index (Phi) is 6.93. The Labute approximate surface area is 165 Å². The first kappa shape index (κ1) is 21.6. The average Bonchev–Trinajstić information content (AvgIpc) is 2.62. The Morgan fingerprint density at radius 2 is 1.79 bits per heavy atom. The molecule has 28 heavy (non-hydrogen) atoms. The van der Waals surface area contributed by atoms with Crippen LogP contribution in [0, 0.1) is 0 Å². The van der Waals surface area contributed by atoms with Crippen LogP contribution in [-0.4, -0.2) is 75.0 Å². The Morgan fingerprint density at radius 1 is 1.14 bits per heavy atom. The zero-order chi connectivity index (χ0) is 20.9. The van der Waals surface area contributed by atoms with Crippen LogP contribution >= 0.6 is 0 Å². The molecule has 1 aromatic heterocycles. The zero-order valence-electron chi connectivity index (χ0n) is 17.1. The first-order chi connectivity index (χ1) is 13.1. The van der Waals surface area contributed by atoms with Gasteiger partial charge in [0.2, 0.25) is 5.91 Å². The van der Waals surface area contributed by atoms with Crippen molar-refractivity contribution in [1.29, 1.82) is 0 Å². The van der Waals surface area contributed by atoms with Crippen molar-refractivity contribution in [3.8, 4) is 0 Å². The van der Waals surface area contributed by atoms with Gasteiger partial charge in [0.25, 0.3) is 5.91 Å². The van der Waals surface area contributed by atoms with Crippen LogP contribution in [0.15, 0.2) is 18.6 Å². The molecule has 1 aliphatic heterocycles. The molecule has 9 heteroatoms. The summed E-state index contributed by atoms with van der Waals surface area (Å²) in [6.45, 7) is 10.4. The Balaban J connectivity index is 1.85. The summed E-state index contributed by atoms with van der Waals surface area (Å²) in [5.41, 5.74) is -0.350. The second-order valence-electron chi connectivity index (χ2n) is 7.84. The number of nitrogens with one attached hydrogen (secondary N) is 1. The van der Waals surface area contributed by atoms with Crippen LogP contribution in [0.5, 0.6) is 0 Å². The largest absolute Gasteiger partial charge is 0.444 e. The number of carbonyl (C=O) groups excluding carboxylic acids is 3. The van der Waals surface area contributed by atoms with Crippen LogP contribution in [0.25, 0.3) is 0 Å². The fourth-order valence-electron chi connectivity index (χ4n) is 3.01. The van der Waals surface area contributed by atoms with E-state index in [1.807, 2.05) is 34.6 Å². The highest BCUT2D eigenvalue weighted by molar-refractivity contribution is 5.92. The first-order valence-electron chi connectivity index (χ1n) is 9.43. The summed E-state index contributed by atoms with van der Waals surface area (Å²) in [7, 11) is 0. The molecule has 2 atom stereocenters. The van der Waals surface area contributed by atoms with Gasteiger partial charge in [-0.2, -0.15) is 0 Å². The predicted molar refractivity (Wildman–Crippen MR) is 103 cm³/mol. The maximum Gasteiger partial charge on any atom is 0.410 e. The third-order valence-corrected chi connectivity index (χ3v) is 4.63. The molecule has 1 aromatic rings. The molecule has 0 aromatic carbocycles. The van der Waals surface area contributed by atoms with E-state index in [0.717, 1.165) is 0 Å². The molecule has 154 valence electrons. The van der Waals surface area contributed by atoms with Gasteiger partial charge in [0.15, 0.2) is 0 Å². The number of ether oxygens (including phenoxy) is 1. The molecule has 1 saturated heterocycles. The zero-order valence-corrected chi connectivity index (χ0v) is 17.1. The first-order valence-corrected chi connectivity index (χ1v) is 9.43. The topological polar surface area (TPSA) is 105 Å². The normalized spacial score (nSPS) is 19.9. The number of carbonyl (C=O) groups is 3. The van der Waals surface area contributed by atoms with Crippen LogP contribution < -0.4 is 5.32 Å². The second kappa shape index (κ2) is 8.99. The van der Waals surface area contributed by atoms with Crippen molar-refractivity contribution in [1.82, 2.24) is 25.1 Å². The molecule has 0 spiro atoms. The smallest absolute Gasteiger partial charge is 0.410 e. The highest BCUT2D eigenvalue weighted by Gasteiger charge is 2.37. The van der Waals surface area contributed by atoms with E-state index < -0.39 is 5.60 Å². The molecular formula is C19H29N5O4. The number of hydrogen-bond acceptors (Lipinski definition) is 6. The molecule has 2 rings (SSSR count). The van der Waals surface area contributed by atoms with Gasteiger partial charge in [0.05, 0.1) is 12.2 Å². The van der Waals surface area contributed by atoms with Gasteiger partial charge >= 0.3 is 6.09 Å². The van der Waals surface area contributed by atoms with E-state index >= 15 is 0 Å². The highest BCUT2D eigenvalue weighted by atomic mass is 16.6. The Bertz CT molecular complexity index is 704. The van der Waals surface area contributed by atoms with Crippen molar-refractivity contribution in [2.45, 2.75) is 58.7 Å². The number of hydrogen-bond donors (Lipinski definition) is 1. The third-order valence-electron chi connectivity index (χ3n) is 4.63. The SMILES string of the molecule is C[C@@H]1[C@H](C)N(C(=O)CCNC(=O)c2cnccn2)CCN1C(=O)OC(C)(C)C. The number of rotatable bonds is 4.